The quantitative estimate of drug-likeness (QED) is 0.150. The molecule has 0 unspecified atom stereocenters. The first-order valence-electron chi connectivity index (χ1n) is 17.9. The Kier molecular flexibility index (Phi) is 10.4. The molecule has 2 N–H and O–H groups in total. The molecule has 10 nitrogen and oxygen atoms in total. The number of aryl methyl sites for hydroxylation is 2. The maximum absolute atomic E-state index is 12.3. The fourth-order valence-corrected chi connectivity index (χ4v) is 9.05. The number of carbonyl (C=O) groups excluding carboxylic acids is 1. The molecular formula is C40H43Cl2N5O5. The number of nitrogens with zero attached hydrogens (tertiary/aromatic N) is 4. The number of hydrogen-bond donors (Lipinski definition) is 2. The number of aliphatic carboxylic acids is 1. The average molecular weight is 745 g/mol. The Morgan fingerprint density at radius 3 is 2.31 bits per heavy atom. The van der Waals surface area contributed by atoms with E-state index in [4.69, 9.17) is 47.6 Å². The number of carboxylic acid groups (broad SMARTS) is 1. The number of likely N-dealkylation sites (tertiary alicyclic amines) is 1. The molecule has 2 aromatic carbocycles. The molecule has 2 aliphatic heterocycles. The highest BCUT2D eigenvalue weighted by Gasteiger charge is 2.54. The third kappa shape index (κ3) is 6.84. The molecule has 3 atom stereocenters. The molecule has 2 aromatic heterocycles. The minimum absolute atomic E-state index is 0.119. The van der Waals surface area contributed by atoms with Crippen LogP contribution in [0.5, 0.6) is 11.8 Å². The number of carbonyl (C=O) groups is 2. The largest absolute Gasteiger partial charge is 0.481 e. The maximum Gasteiger partial charge on any atom is 0.311 e. The fraction of sp³-hybridized carbons (Fsp3) is 0.425. The van der Waals surface area contributed by atoms with E-state index in [2.05, 4.69) is 10.2 Å². The number of fused-ring (bicyclic) bond motifs is 1. The minimum Gasteiger partial charge on any atom is -0.481 e. The summed E-state index contributed by atoms with van der Waals surface area (Å²) < 4.78 is 11.5. The fourth-order valence-electron chi connectivity index (χ4n) is 8.40. The third-order valence-corrected chi connectivity index (χ3v) is 12.0. The topological polar surface area (TPSA) is 127 Å². The van der Waals surface area contributed by atoms with Crippen LogP contribution in [0.1, 0.15) is 61.8 Å². The summed E-state index contributed by atoms with van der Waals surface area (Å²) in [4.78, 5) is 40.5. The zero-order valence-electron chi connectivity index (χ0n) is 29.7. The van der Waals surface area contributed by atoms with Crippen molar-refractivity contribution < 1.29 is 24.2 Å². The summed E-state index contributed by atoms with van der Waals surface area (Å²) >= 11 is 14.3. The number of carboxylic acids is 1. The van der Waals surface area contributed by atoms with Gasteiger partial charge in [0.15, 0.2) is 0 Å². The number of benzene rings is 2. The summed E-state index contributed by atoms with van der Waals surface area (Å²) in [6.45, 7) is 3.89. The number of pyridine rings is 1. The molecule has 0 spiro atoms. The lowest BCUT2D eigenvalue weighted by atomic mass is 9.81. The second-order valence-corrected chi connectivity index (χ2v) is 15.0. The van der Waals surface area contributed by atoms with Gasteiger partial charge in [0.05, 0.1) is 47.3 Å². The summed E-state index contributed by atoms with van der Waals surface area (Å²) in [6, 6.07) is 13.8. The Bertz CT molecular complexity index is 2020. The predicted octanol–water partition coefficient (Wildman–Crippen LogP) is 7.79. The standard InChI is InChI=1S/C40H43Cl2N5O5/c1-23-18-32(45-37(51-2)30(23)21-47-20-24-8-7-17-40(24,22-47)39(49)50)28-12-5-10-26(35(28)41)27-11-6-13-29(36(27)42)33-19-43-31(38(46-33)52-3)14-4-9-25-15-16-34(48)44-25/h5-6,10-13,18-19,24-25H,4,7-9,14-17,20-22H2,1-3H3,(H,44,48)(H,49,50)/t24-,25+,40-/m0/s1. The maximum atomic E-state index is 12.3. The van der Waals surface area contributed by atoms with Gasteiger partial charge in [-0.05, 0) is 63.0 Å². The Labute approximate surface area is 313 Å². The molecule has 4 aromatic rings. The number of halogens is 2. The predicted molar refractivity (Wildman–Crippen MR) is 201 cm³/mol. The summed E-state index contributed by atoms with van der Waals surface area (Å²) in [6.07, 6.45) is 8.26. The molecule has 272 valence electrons. The second-order valence-electron chi connectivity index (χ2n) is 14.3. The van der Waals surface area contributed by atoms with Crippen LogP contribution < -0.4 is 14.8 Å². The van der Waals surface area contributed by atoms with Crippen molar-refractivity contribution in [2.24, 2.45) is 11.3 Å². The van der Waals surface area contributed by atoms with Crippen LogP contribution in [0.15, 0.2) is 48.7 Å². The molecule has 3 aliphatic rings. The van der Waals surface area contributed by atoms with Crippen molar-refractivity contribution in [2.45, 2.75) is 70.9 Å². The second kappa shape index (κ2) is 15.0. The Balaban J connectivity index is 1.13. The smallest absolute Gasteiger partial charge is 0.311 e. The van der Waals surface area contributed by atoms with E-state index < -0.39 is 11.4 Å². The van der Waals surface area contributed by atoms with Gasteiger partial charge in [0.1, 0.15) is 5.69 Å². The van der Waals surface area contributed by atoms with Crippen molar-refractivity contribution in [1.82, 2.24) is 25.2 Å². The normalized spacial score (nSPS) is 21.3. The van der Waals surface area contributed by atoms with Crippen LogP contribution in [0, 0.1) is 18.3 Å². The molecule has 3 fully saturated rings. The van der Waals surface area contributed by atoms with E-state index in [1.807, 2.05) is 49.4 Å². The van der Waals surface area contributed by atoms with Crippen LogP contribution >= 0.6 is 23.2 Å². The van der Waals surface area contributed by atoms with Gasteiger partial charge in [-0.15, -0.1) is 0 Å². The summed E-state index contributed by atoms with van der Waals surface area (Å²) in [7, 11) is 3.19. The number of nitrogens with one attached hydrogen (secondary N) is 1. The first-order chi connectivity index (χ1) is 25.1. The summed E-state index contributed by atoms with van der Waals surface area (Å²) in [5.41, 5.74) is 6.20. The molecule has 0 bridgehead atoms. The number of methoxy groups -OCH3 is 2. The lowest BCUT2D eigenvalue weighted by Crippen LogP contribution is -2.35. The van der Waals surface area contributed by atoms with E-state index in [0.29, 0.717) is 64.7 Å². The van der Waals surface area contributed by atoms with E-state index in [9.17, 15) is 14.7 Å². The molecule has 1 aliphatic carbocycles. The van der Waals surface area contributed by atoms with Crippen LogP contribution in [-0.4, -0.2) is 70.2 Å². The lowest BCUT2D eigenvalue weighted by Gasteiger charge is -2.24. The van der Waals surface area contributed by atoms with Crippen molar-refractivity contribution in [1.29, 1.82) is 0 Å². The summed E-state index contributed by atoms with van der Waals surface area (Å²) in [5.74, 6) is 0.558. The third-order valence-electron chi connectivity index (χ3n) is 11.1. The van der Waals surface area contributed by atoms with Gasteiger partial charge in [0.25, 0.3) is 0 Å². The molecule has 52 heavy (non-hydrogen) atoms. The van der Waals surface area contributed by atoms with Crippen molar-refractivity contribution in [3.8, 4) is 45.4 Å². The zero-order valence-corrected chi connectivity index (χ0v) is 31.2. The van der Waals surface area contributed by atoms with Crippen molar-refractivity contribution in [2.75, 3.05) is 27.3 Å². The van der Waals surface area contributed by atoms with Crippen molar-refractivity contribution in [3.63, 3.8) is 0 Å². The molecule has 12 heteroatoms. The highest BCUT2D eigenvalue weighted by molar-refractivity contribution is 6.39. The number of rotatable bonds is 12. The van der Waals surface area contributed by atoms with Gasteiger partial charge < -0.3 is 19.9 Å². The minimum atomic E-state index is -0.681. The molecule has 2 saturated heterocycles. The van der Waals surface area contributed by atoms with Crippen LogP contribution in [-0.2, 0) is 22.6 Å². The van der Waals surface area contributed by atoms with Crippen molar-refractivity contribution in [3.05, 3.63) is 75.5 Å². The lowest BCUT2D eigenvalue weighted by molar-refractivity contribution is -0.149. The van der Waals surface area contributed by atoms with Gasteiger partial charge in [0.2, 0.25) is 17.7 Å². The molecule has 1 amide bonds. The van der Waals surface area contributed by atoms with Gasteiger partial charge in [-0.1, -0.05) is 66.0 Å². The molecular weight excluding hydrogens is 701 g/mol. The number of amides is 1. The highest BCUT2D eigenvalue weighted by Crippen LogP contribution is 2.50. The number of hydrogen-bond acceptors (Lipinski definition) is 8. The molecule has 0 radical (unpaired) electrons. The van der Waals surface area contributed by atoms with Crippen molar-refractivity contribution >= 4 is 35.1 Å². The van der Waals surface area contributed by atoms with Crippen LogP contribution in [0.2, 0.25) is 10.0 Å². The van der Waals surface area contributed by atoms with E-state index >= 15 is 0 Å². The number of ether oxygens (including phenoxy) is 2. The molecule has 7 rings (SSSR count). The zero-order chi connectivity index (χ0) is 36.6. The van der Waals surface area contributed by atoms with Gasteiger partial charge >= 0.3 is 5.97 Å². The molecule has 1 saturated carbocycles. The number of aromatic nitrogens is 3. The average Bonchev–Trinajstić information content (AvgIpc) is 3.84. The van der Waals surface area contributed by atoms with Crippen LogP contribution in [0.4, 0.5) is 0 Å². The monoisotopic (exact) mass is 743 g/mol. The molecule has 4 heterocycles. The van der Waals surface area contributed by atoms with Crippen LogP contribution in [0.3, 0.4) is 0 Å². The van der Waals surface area contributed by atoms with Gasteiger partial charge in [0, 0.05) is 59.9 Å². The van der Waals surface area contributed by atoms with Gasteiger partial charge in [-0.3, -0.25) is 19.5 Å². The van der Waals surface area contributed by atoms with Gasteiger partial charge in [-0.2, -0.15) is 0 Å². The van der Waals surface area contributed by atoms with E-state index in [0.717, 1.165) is 78.6 Å². The van der Waals surface area contributed by atoms with Crippen LogP contribution in [0.25, 0.3) is 33.6 Å². The summed E-state index contributed by atoms with van der Waals surface area (Å²) in [5, 5.41) is 14.1. The Morgan fingerprint density at radius 2 is 1.67 bits per heavy atom. The van der Waals surface area contributed by atoms with E-state index in [1.54, 1.807) is 20.4 Å². The highest BCUT2D eigenvalue weighted by atomic mass is 35.5. The first-order valence-corrected chi connectivity index (χ1v) is 18.6. The van der Waals surface area contributed by atoms with Gasteiger partial charge in [-0.25, -0.2) is 9.97 Å². The first kappa shape index (κ1) is 36.1. The Hall–Kier alpha value is -4.25. The van der Waals surface area contributed by atoms with E-state index in [1.165, 1.54) is 0 Å². The SMILES string of the molecule is COc1nc(-c2cccc(-c3cccc(-c4cc(C)c(CN5C[C@@H]6CCC[C@]6(C(=O)O)C5)c(OC)n4)c3Cl)c2Cl)cnc1CCC[C@@H]1CCC(=O)N1. The Morgan fingerprint density at radius 1 is 1.00 bits per heavy atom. The van der Waals surface area contributed by atoms with E-state index in [-0.39, 0.29) is 17.9 Å².